The Morgan fingerprint density at radius 3 is 2.33 bits per heavy atom. The first kappa shape index (κ1) is 15.1. The minimum Gasteiger partial charge on any atom is -0.346 e. The molecule has 0 bridgehead atoms. The number of amides is 1. The van der Waals surface area contributed by atoms with Crippen molar-refractivity contribution < 1.29 is 18.0 Å². The zero-order chi connectivity index (χ0) is 15.6. The smallest absolute Gasteiger partial charge is 0.251 e. The van der Waals surface area contributed by atoms with Gasteiger partial charge in [-0.1, -0.05) is 12.1 Å². The lowest BCUT2D eigenvalue weighted by atomic mass is 10.1. The number of carbonyl (C=O) groups is 1. The highest BCUT2D eigenvalue weighted by Crippen LogP contribution is 2.17. The predicted molar refractivity (Wildman–Crippen MR) is 73.4 cm³/mol. The highest BCUT2D eigenvalue weighted by atomic mass is 19.2. The molecule has 1 atom stereocenters. The molecule has 0 unspecified atom stereocenters. The number of aryl methyl sites for hydroxylation is 1. The van der Waals surface area contributed by atoms with Crippen LogP contribution in [0.25, 0.3) is 0 Å². The number of hydrogen-bond donors (Lipinski definition) is 1. The summed E-state index contributed by atoms with van der Waals surface area (Å²) in [6.07, 6.45) is 0. The number of benzene rings is 2. The van der Waals surface area contributed by atoms with E-state index in [2.05, 4.69) is 5.32 Å². The van der Waals surface area contributed by atoms with E-state index in [9.17, 15) is 18.0 Å². The molecule has 0 aliphatic carbocycles. The van der Waals surface area contributed by atoms with Crippen molar-refractivity contribution in [2.45, 2.75) is 19.9 Å². The molecule has 2 rings (SSSR count). The molecule has 0 saturated carbocycles. The van der Waals surface area contributed by atoms with Crippen LogP contribution in [0.5, 0.6) is 0 Å². The maximum Gasteiger partial charge on any atom is 0.251 e. The van der Waals surface area contributed by atoms with E-state index < -0.39 is 29.4 Å². The molecule has 0 heterocycles. The average molecular weight is 293 g/mol. The Morgan fingerprint density at radius 2 is 1.71 bits per heavy atom. The summed E-state index contributed by atoms with van der Waals surface area (Å²) in [4.78, 5) is 12.0. The second-order valence-electron chi connectivity index (χ2n) is 4.83. The van der Waals surface area contributed by atoms with Gasteiger partial charge in [0, 0.05) is 5.56 Å². The van der Waals surface area contributed by atoms with Crippen molar-refractivity contribution in [3.05, 3.63) is 70.5 Å². The molecule has 110 valence electrons. The van der Waals surface area contributed by atoms with Gasteiger partial charge in [-0.25, -0.2) is 13.2 Å². The van der Waals surface area contributed by atoms with Crippen LogP contribution in [0.3, 0.4) is 0 Å². The molecule has 0 aromatic heterocycles. The molecule has 0 aliphatic rings. The maximum atomic E-state index is 13.4. The van der Waals surface area contributed by atoms with Crippen molar-refractivity contribution in [1.29, 1.82) is 0 Å². The lowest BCUT2D eigenvalue weighted by Gasteiger charge is -2.15. The van der Waals surface area contributed by atoms with Crippen LogP contribution in [0.2, 0.25) is 0 Å². The molecule has 1 amide bonds. The number of halogens is 3. The fourth-order valence-electron chi connectivity index (χ4n) is 1.88. The zero-order valence-electron chi connectivity index (χ0n) is 11.6. The van der Waals surface area contributed by atoms with E-state index >= 15 is 0 Å². The molecule has 2 aromatic rings. The summed E-state index contributed by atoms with van der Waals surface area (Å²) in [6.45, 7) is 3.23. The third-order valence-corrected chi connectivity index (χ3v) is 3.23. The molecule has 0 aliphatic heterocycles. The molecule has 2 aromatic carbocycles. The summed E-state index contributed by atoms with van der Waals surface area (Å²) in [6, 6.07) is 7.03. The quantitative estimate of drug-likeness (QED) is 0.913. The van der Waals surface area contributed by atoms with Gasteiger partial charge in [-0.3, -0.25) is 4.79 Å². The van der Waals surface area contributed by atoms with Gasteiger partial charge in [-0.15, -0.1) is 0 Å². The lowest BCUT2D eigenvalue weighted by molar-refractivity contribution is 0.0939. The Hall–Kier alpha value is -2.30. The summed E-state index contributed by atoms with van der Waals surface area (Å²) in [5.74, 6) is -2.87. The summed E-state index contributed by atoms with van der Waals surface area (Å²) >= 11 is 0. The number of nitrogens with one attached hydrogen (secondary N) is 1. The Bertz CT molecular complexity index is 685. The predicted octanol–water partition coefficient (Wildman–Crippen LogP) is 3.90. The largest absolute Gasteiger partial charge is 0.346 e. The Morgan fingerprint density at radius 1 is 1.00 bits per heavy atom. The second-order valence-corrected chi connectivity index (χ2v) is 4.83. The van der Waals surface area contributed by atoms with E-state index in [1.54, 1.807) is 13.8 Å². The fourth-order valence-corrected chi connectivity index (χ4v) is 1.88. The van der Waals surface area contributed by atoms with Gasteiger partial charge in [-0.05, 0) is 49.2 Å². The summed E-state index contributed by atoms with van der Waals surface area (Å²) < 4.78 is 39.5. The van der Waals surface area contributed by atoms with Gasteiger partial charge in [0.25, 0.3) is 5.91 Å². The van der Waals surface area contributed by atoms with Gasteiger partial charge < -0.3 is 5.32 Å². The minimum absolute atomic E-state index is 0.174. The van der Waals surface area contributed by atoms with Gasteiger partial charge in [0.1, 0.15) is 5.82 Å². The van der Waals surface area contributed by atoms with Gasteiger partial charge in [0.05, 0.1) is 6.04 Å². The van der Waals surface area contributed by atoms with Crippen LogP contribution in [0.15, 0.2) is 36.4 Å². The highest BCUT2D eigenvalue weighted by molar-refractivity contribution is 5.94. The van der Waals surface area contributed by atoms with E-state index in [0.717, 1.165) is 18.2 Å². The van der Waals surface area contributed by atoms with E-state index in [0.29, 0.717) is 11.1 Å². The molecular formula is C16H14F3NO. The Kier molecular flexibility index (Phi) is 4.31. The topological polar surface area (TPSA) is 29.1 Å². The molecule has 2 nitrogen and oxygen atoms in total. The minimum atomic E-state index is -0.977. The van der Waals surface area contributed by atoms with Crippen LogP contribution in [0.4, 0.5) is 13.2 Å². The average Bonchev–Trinajstić information content (AvgIpc) is 2.44. The Labute approximate surface area is 120 Å². The Balaban J connectivity index is 2.14. The number of rotatable bonds is 3. The first-order chi connectivity index (χ1) is 9.88. The number of hydrogen-bond acceptors (Lipinski definition) is 1. The van der Waals surface area contributed by atoms with Crippen LogP contribution in [0, 0.1) is 24.4 Å². The first-order valence-electron chi connectivity index (χ1n) is 6.40. The second kappa shape index (κ2) is 5.99. The molecule has 0 fully saturated rings. The molecule has 0 radical (unpaired) electrons. The van der Waals surface area contributed by atoms with Crippen molar-refractivity contribution in [1.82, 2.24) is 5.32 Å². The number of carbonyl (C=O) groups excluding carboxylic acids is 1. The van der Waals surface area contributed by atoms with Crippen LogP contribution in [-0.2, 0) is 0 Å². The molecule has 0 saturated heterocycles. The van der Waals surface area contributed by atoms with E-state index in [4.69, 9.17) is 0 Å². The van der Waals surface area contributed by atoms with E-state index in [-0.39, 0.29) is 5.56 Å². The molecule has 1 N–H and O–H groups in total. The third-order valence-electron chi connectivity index (χ3n) is 3.23. The summed E-state index contributed by atoms with van der Waals surface area (Å²) in [5.41, 5.74) is 1.04. The fraction of sp³-hybridized carbons (Fsp3) is 0.188. The van der Waals surface area contributed by atoms with Gasteiger partial charge in [0.15, 0.2) is 11.6 Å². The van der Waals surface area contributed by atoms with E-state index in [1.807, 2.05) is 0 Å². The van der Waals surface area contributed by atoms with Crippen LogP contribution in [-0.4, -0.2) is 5.91 Å². The van der Waals surface area contributed by atoms with Crippen LogP contribution in [0.1, 0.15) is 34.5 Å². The van der Waals surface area contributed by atoms with Crippen LogP contribution < -0.4 is 5.32 Å². The third kappa shape index (κ3) is 3.42. The van der Waals surface area contributed by atoms with Gasteiger partial charge >= 0.3 is 0 Å². The van der Waals surface area contributed by atoms with Gasteiger partial charge in [0.2, 0.25) is 0 Å². The molecule has 21 heavy (non-hydrogen) atoms. The van der Waals surface area contributed by atoms with Crippen molar-refractivity contribution >= 4 is 5.91 Å². The molecular weight excluding hydrogens is 279 g/mol. The zero-order valence-corrected chi connectivity index (χ0v) is 11.6. The van der Waals surface area contributed by atoms with Crippen molar-refractivity contribution in [2.75, 3.05) is 0 Å². The normalized spacial score (nSPS) is 12.0. The standard InChI is InChI=1S/C16H14F3NO/c1-9-3-4-12(8-14(9)18)16(21)20-10(2)11-5-6-13(17)15(19)7-11/h3-8,10H,1-2H3,(H,20,21)/t10-/m0/s1. The summed E-state index contributed by atoms with van der Waals surface area (Å²) in [7, 11) is 0. The van der Waals surface area contributed by atoms with E-state index in [1.165, 1.54) is 18.2 Å². The molecule has 0 spiro atoms. The lowest BCUT2D eigenvalue weighted by Crippen LogP contribution is -2.26. The van der Waals surface area contributed by atoms with Gasteiger partial charge in [-0.2, -0.15) is 0 Å². The van der Waals surface area contributed by atoms with Crippen molar-refractivity contribution in [3.8, 4) is 0 Å². The summed E-state index contributed by atoms with van der Waals surface area (Å²) in [5, 5.41) is 2.61. The van der Waals surface area contributed by atoms with Crippen molar-refractivity contribution in [2.24, 2.45) is 0 Å². The van der Waals surface area contributed by atoms with Crippen molar-refractivity contribution in [3.63, 3.8) is 0 Å². The monoisotopic (exact) mass is 293 g/mol. The van der Waals surface area contributed by atoms with Crippen LogP contribution >= 0.6 is 0 Å². The highest BCUT2D eigenvalue weighted by Gasteiger charge is 2.14. The maximum absolute atomic E-state index is 13.4. The SMILES string of the molecule is Cc1ccc(C(=O)N[C@@H](C)c2ccc(F)c(F)c2)cc1F. The first-order valence-corrected chi connectivity index (χ1v) is 6.40. The molecule has 5 heteroatoms.